The molecule has 144 valence electrons. The molecule has 0 saturated carbocycles. The van der Waals surface area contributed by atoms with E-state index in [4.69, 9.17) is 23.2 Å². The summed E-state index contributed by atoms with van der Waals surface area (Å²) in [6.07, 6.45) is -0.121. The summed E-state index contributed by atoms with van der Waals surface area (Å²) in [5, 5.41) is 25.3. The number of hydroxylamine groups is 3. The number of rotatable bonds is 5. The lowest BCUT2D eigenvalue weighted by Crippen LogP contribution is -2.51. The molecule has 3 rings (SSSR count). The highest BCUT2D eigenvalue weighted by Crippen LogP contribution is 2.42. The van der Waals surface area contributed by atoms with Crippen LogP contribution in [0.4, 0.5) is 0 Å². The van der Waals surface area contributed by atoms with Gasteiger partial charge in [-0.25, -0.2) is 5.21 Å². The molecular weight excluding hydrogens is 387 g/mol. The van der Waals surface area contributed by atoms with Crippen LogP contribution in [0.2, 0.25) is 10.0 Å². The molecule has 0 radical (unpaired) electrons. The Labute approximate surface area is 168 Å². The van der Waals surface area contributed by atoms with Gasteiger partial charge in [0, 0.05) is 18.9 Å². The number of nitrogens with one attached hydrogen (secondary N) is 1. The van der Waals surface area contributed by atoms with Crippen molar-refractivity contribution in [3.8, 4) is 0 Å². The molecule has 5 nitrogen and oxygen atoms in total. The van der Waals surface area contributed by atoms with Gasteiger partial charge in [-0.2, -0.15) is 4.65 Å². The first-order valence-electron chi connectivity index (χ1n) is 8.85. The second-order valence-corrected chi connectivity index (χ2v) is 7.86. The molecule has 1 aliphatic heterocycles. The van der Waals surface area contributed by atoms with Gasteiger partial charge in [0.15, 0.2) is 6.04 Å². The standard InChI is InChI=1S/C20H22Cl2N2O3/c1-13(25)23-19(14-5-3-2-4-6-14)20(24(27)10-9-16(26)12-24)15-7-8-17(21)18(22)11-15/h2-8,11,16,19-20,26-27H,9-10,12H2,1H3/p+1/t16-,19-,20?,24?/m0/s1. The first kappa shape index (κ1) is 20.1. The molecule has 2 unspecified atom stereocenters. The third-order valence-electron chi connectivity index (χ3n) is 5.01. The summed E-state index contributed by atoms with van der Waals surface area (Å²) in [6.45, 7) is 1.99. The minimum absolute atomic E-state index is 0.174. The van der Waals surface area contributed by atoms with E-state index in [-0.39, 0.29) is 17.1 Å². The van der Waals surface area contributed by atoms with E-state index in [9.17, 15) is 15.1 Å². The molecule has 1 fully saturated rings. The van der Waals surface area contributed by atoms with Crippen LogP contribution < -0.4 is 5.32 Å². The number of carbonyl (C=O) groups excluding carboxylic acids is 1. The second-order valence-electron chi connectivity index (χ2n) is 7.04. The maximum atomic E-state index is 12.0. The van der Waals surface area contributed by atoms with E-state index in [0.29, 0.717) is 23.0 Å². The van der Waals surface area contributed by atoms with E-state index in [1.54, 1.807) is 18.2 Å². The van der Waals surface area contributed by atoms with Gasteiger partial charge in [0.1, 0.15) is 25.2 Å². The number of aliphatic hydroxyl groups excluding tert-OH is 1. The molecule has 2 aromatic rings. The summed E-state index contributed by atoms with van der Waals surface area (Å²) in [5.41, 5.74) is 1.60. The fraction of sp³-hybridized carbons (Fsp3) is 0.350. The quantitative estimate of drug-likeness (QED) is 0.656. The Morgan fingerprint density at radius 1 is 1.15 bits per heavy atom. The van der Waals surface area contributed by atoms with E-state index >= 15 is 0 Å². The molecule has 0 aliphatic carbocycles. The molecule has 27 heavy (non-hydrogen) atoms. The van der Waals surface area contributed by atoms with Crippen LogP contribution in [0.5, 0.6) is 0 Å². The lowest BCUT2D eigenvalue weighted by atomic mass is 9.91. The number of quaternary nitrogens is 1. The number of hydrogen-bond acceptors (Lipinski definition) is 3. The van der Waals surface area contributed by atoms with Crippen molar-refractivity contribution in [1.82, 2.24) is 5.32 Å². The number of amides is 1. The SMILES string of the molecule is CC(=O)N[C@@H](c1ccccc1)C(c1ccc(Cl)c(Cl)c1)[N+]1(O)CC[C@H](O)C1. The molecule has 2 aromatic carbocycles. The zero-order valence-corrected chi connectivity index (χ0v) is 16.5. The first-order chi connectivity index (χ1) is 12.8. The zero-order chi connectivity index (χ0) is 19.6. The molecule has 1 saturated heterocycles. The van der Waals surface area contributed by atoms with Crippen LogP contribution in [0.1, 0.15) is 36.6 Å². The summed E-state index contributed by atoms with van der Waals surface area (Å²) in [6, 6.07) is 13.6. The van der Waals surface area contributed by atoms with Gasteiger partial charge in [0.05, 0.1) is 10.0 Å². The van der Waals surface area contributed by atoms with Crippen molar-refractivity contribution in [2.45, 2.75) is 31.5 Å². The third-order valence-corrected chi connectivity index (χ3v) is 5.75. The second kappa shape index (κ2) is 8.17. The molecule has 0 aromatic heterocycles. The molecular formula is C20H23Cl2N2O3+. The average molecular weight is 410 g/mol. The summed E-state index contributed by atoms with van der Waals surface area (Å²) in [7, 11) is 0. The minimum atomic E-state index is -0.603. The van der Waals surface area contributed by atoms with Gasteiger partial charge in [-0.3, -0.25) is 4.79 Å². The van der Waals surface area contributed by atoms with Crippen molar-refractivity contribution in [2.24, 2.45) is 0 Å². The normalized spacial score (nSPS) is 24.4. The van der Waals surface area contributed by atoms with Crippen molar-refractivity contribution in [1.29, 1.82) is 0 Å². The van der Waals surface area contributed by atoms with Crippen LogP contribution in [0, 0.1) is 0 Å². The Morgan fingerprint density at radius 3 is 2.41 bits per heavy atom. The van der Waals surface area contributed by atoms with E-state index in [0.717, 1.165) is 11.1 Å². The topological polar surface area (TPSA) is 69.6 Å². The van der Waals surface area contributed by atoms with Crippen molar-refractivity contribution < 1.29 is 19.8 Å². The molecule has 0 spiro atoms. The molecule has 7 heteroatoms. The van der Waals surface area contributed by atoms with Crippen molar-refractivity contribution in [2.75, 3.05) is 13.1 Å². The van der Waals surface area contributed by atoms with Crippen LogP contribution in [0.25, 0.3) is 0 Å². The summed E-state index contributed by atoms with van der Waals surface area (Å²) < 4.78 is -0.390. The van der Waals surface area contributed by atoms with Crippen LogP contribution in [0.15, 0.2) is 48.5 Å². The lowest BCUT2D eigenvalue weighted by molar-refractivity contribution is -1.12. The Hall–Kier alpha value is -1.63. The van der Waals surface area contributed by atoms with Gasteiger partial charge >= 0.3 is 0 Å². The van der Waals surface area contributed by atoms with Gasteiger partial charge in [0.25, 0.3) is 0 Å². The first-order valence-corrected chi connectivity index (χ1v) is 9.60. The molecule has 4 atom stereocenters. The number of nitrogens with zero attached hydrogens (tertiary/aromatic N) is 1. The lowest BCUT2D eigenvalue weighted by Gasteiger charge is -2.39. The Kier molecular flexibility index (Phi) is 6.08. The van der Waals surface area contributed by atoms with Crippen LogP contribution in [-0.2, 0) is 4.79 Å². The van der Waals surface area contributed by atoms with Crippen molar-refractivity contribution in [3.05, 3.63) is 69.7 Å². The highest BCUT2D eigenvalue weighted by molar-refractivity contribution is 6.42. The Morgan fingerprint density at radius 2 is 1.85 bits per heavy atom. The largest absolute Gasteiger partial charge is 0.387 e. The predicted octanol–water partition coefficient (Wildman–Crippen LogP) is 3.88. The number of halogens is 2. The van der Waals surface area contributed by atoms with Crippen LogP contribution in [-0.4, -0.2) is 40.1 Å². The highest BCUT2D eigenvalue weighted by Gasteiger charge is 2.49. The fourth-order valence-electron chi connectivity index (χ4n) is 3.84. The zero-order valence-electron chi connectivity index (χ0n) is 15.0. The van der Waals surface area contributed by atoms with E-state index in [1.165, 1.54) is 6.92 Å². The third kappa shape index (κ3) is 4.45. The van der Waals surface area contributed by atoms with Crippen molar-refractivity contribution in [3.63, 3.8) is 0 Å². The smallest absolute Gasteiger partial charge is 0.217 e. The Balaban J connectivity index is 2.14. The number of benzene rings is 2. The summed E-state index contributed by atoms with van der Waals surface area (Å²) >= 11 is 12.3. The minimum Gasteiger partial charge on any atom is -0.387 e. The molecule has 3 N–H and O–H groups in total. The molecule has 1 aliphatic rings. The number of carbonyl (C=O) groups is 1. The predicted molar refractivity (Wildman–Crippen MR) is 105 cm³/mol. The van der Waals surface area contributed by atoms with Gasteiger partial charge in [0.2, 0.25) is 5.91 Å². The number of aliphatic hydroxyl groups is 1. The number of likely N-dealkylation sites (tertiary alicyclic amines) is 1. The van der Waals surface area contributed by atoms with Gasteiger partial charge < -0.3 is 10.4 Å². The monoisotopic (exact) mass is 409 g/mol. The summed E-state index contributed by atoms with van der Waals surface area (Å²) in [5.74, 6) is -0.208. The van der Waals surface area contributed by atoms with Gasteiger partial charge in [-0.05, 0) is 17.7 Å². The highest BCUT2D eigenvalue weighted by atomic mass is 35.5. The van der Waals surface area contributed by atoms with Gasteiger partial charge in [-0.1, -0.05) is 59.6 Å². The molecule has 0 bridgehead atoms. The van der Waals surface area contributed by atoms with E-state index < -0.39 is 18.2 Å². The number of hydrogen-bond donors (Lipinski definition) is 3. The van der Waals surface area contributed by atoms with Crippen LogP contribution >= 0.6 is 23.2 Å². The van der Waals surface area contributed by atoms with Gasteiger partial charge in [-0.15, -0.1) is 0 Å². The Bertz CT molecular complexity index is 818. The molecule has 1 amide bonds. The van der Waals surface area contributed by atoms with E-state index in [2.05, 4.69) is 5.32 Å². The summed E-state index contributed by atoms with van der Waals surface area (Å²) in [4.78, 5) is 12.0. The van der Waals surface area contributed by atoms with E-state index in [1.807, 2.05) is 30.3 Å². The van der Waals surface area contributed by atoms with Crippen LogP contribution in [0.3, 0.4) is 0 Å². The molecule has 1 heterocycles. The van der Waals surface area contributed by atoms with Crippen molar-refractivity contribution >= 4 is 29.1 Å². The maximum Gasteiger partial charge on any atom is 0.217 e. The fourth-order valence-corrected chi connectivity index (χ4v) is 4.15. The average Bonchev–Trinajstić information content (AvgIpc) is 2.97. The maximum absolute atomic E-state index is 12.0.